The number of benzene rings is 8. The largest absolute Gasteiger partial charge is 0.310 e. The van der Waals surface area contributed by atoms with Crippen LogP contribution in [0.15, 0.2) is 206 Å². The number of para-hydroxylation sites is 5. The molecule has 60 heavy (non-hydrogen) atoms. The van der Waals surface area contributed by atoms with Crippen molar-refractivity contribution < 1.29 is 0 Å². The van der Waals surface area contributed by atoms with Crippen molar-refractivity contribution in [3.8, 4) is 50.7 Å². The minimum atomic E-state index is 0.444. The normalized spacial score (nSPS) is 11.0. The molecule has 0 N–H and O–H groups in total. The van der Waals surface area contributed by atoms with Crippen LogP contribution in [0.1, 0.15) is 0 Å². The summed E-state index contributed by atoms with van der Waals surface area (Å²) < 4.78 is 2.35. The summed E-state index contributed by atoms with van der Waals surface area (Å²) in [6.07, 6.45) is 0. The van der Waals surface area contributed by atoms with Gasteiger partial charge < -0.3 is 9.47 Å². The van der Waals surface area contributed by atoms with Gasteiger partial charge >= 0.3 is 0 Å². The molecule has 2 aromatic heterocycles. The van der Waals surface area contributed by atoms with Crippen LogP contribution in [0.4, 0.5) is 28.4 Å². The Morgan fingerprint density at radius 2 is 0.917 bits per heavy atom. The van der Waals surface area contributed by atoms with Gasteiger partial charge in [0.15, 0.2) is 11.4 Å². The zero-order valence-electron chi connectivity index (χ0n) is 32.3. The zero-order chi connectivity index (χ0) is 40.4. The average molecular weight is 767 g/mol. The Bertz CT molecular complexity index is 3150. The molecule has 6 heteroatoms. The second-order valence-corrected chi connectivity index (χ2v) is 14.4. The summed E-state index contributed by atoms with van der Waals surface area (Å²) >= 11 is 0. The van der Waals surface area contributed by atoms with Crippen LogP contribution in [-0.2, 0) is 0 Å². The molecule has 0 aliphatic carbocycles. The van der Waals surface area contributed by atoms with Crippen LogP contribution in [0, 0.1) is 13.1 Å². The van der Waals surface area contributed by atoms with Crippen LogP contribution >= 0.6 is 0 Å². The molecule has 0 aliphatic heterocycles. The molecule has 10 rings (SSSR count). The third kappa shape index (κ3) is 6.51. The maximum absolute atomic E-state index is 7.78. The van der Waals surface area contributed by atoms with Gasteiger partial charge in [-0.15, -0.1) is 0 Å². The van der Waals surface area contributed by atoms with Crippen molar-refractivity contribution in [2.75, 3.05) is 4.90 Å². The lowest BCUT2D eigenvalue weighted by molar-refractivity contribution is 1.18. The SMILES string of the molecule is [C-]#[N+]c1ccccc1-c1cc(-c2ccc(-c3ccc(-n4c5ccccc5c5cc(N(c6ccccc6)c6ccccc6)ccc54)cc3)cc2)nc(-c2ccccc2[N+]#[C-])n1. The summed E-state index contributed by atoms with van der Waals surface area (Å²) in [4.78, 5) is 19.6. The summed E-state index contributed by atoms with van der Waals surface area (Å²) in [5.74, 6) is 0.444. The number of aromatic nitrogens is 3. The molecule has 6 nitrogen and oxygen atoms in total. The molecule has 0 atom stereocenters. The molecule has 8 aromatic carbocycles. The van der Waals surface area contributed by atoms with Crippen molar-refractivity contribution in [3.05, 3.63) is 229 Å². The lowest BCUT2D eigenvalue weighted by atomic mass is 10.0. The minimum Gasteiger partial charge on any atom is -0.310 e. The lowest BCUT2D eigenvalue weighted by Crippen LogP contribution is -2.09. The highest BCUT2D eigenvalue weighted by Gasteiger charge is 2.18. The molecule has 0 unspecified atom stereocenters. The predicted octanol–water partition coefficient (Wildman–Crippen LogP) is 14.8. The van der Waals surface area contributed by atoms with Crippen LogP contribution in [-0.4, -0.2) is 14.5 Å². The Balaban J connectivity index is 1.00. The van der Waals surface area contributed by atoms with Gasteiger partial charge in [0.2, 0.25) is 0 Å². The third-order valence-corrected chi connectivity index (χ3v) is 10.9. The van der Waals surface area contributed by atoms with E-state index in [-0.39, 0.29) is 0 Å². The van der Waals surface area contributed by atoms with Gasteiger partial charge in [0.05, 0.1) is 35.6 Å². The van der Waals surface area contributed by atoms with Gasteiger partial charge in [-0.1, -0.05) is 140 Å². The third-order valence-electron chi connectivity index (χ3n) is 10.9. The predicted molar refractivity (Wildman–Crippen MR) is 245 cm³/mol. The van der Waals surface area contributed by atoms with Crippen molar-refractivity contribution in [2.45, 2.75) is 0 Å². The van der Waals surface area contributed by atoms with E-state index >= 15 is 0 Å². The van der Waals surface area contributed by atoms with Crippen LogP contribution in [0.25, 0.3) is 82.2 Å². The summed E-state index contributed by atoms with van der Waals surface area (Å²) in [6, 6.07) is 70.2. The fourth-order valence-corrected chi connectivity index (χ4v) is 8.02. The highest BCUT2D eigenvalue weighted by molar-refractivity contribution is 6.10. The molecule has 0 bridgehead atoms. The topological polar surface area (TPSA) is 42.7 Å². The summed E-state index contributed by atoms with van der Waals surface area (Å²) in [7, 11) is 0. The molecule has 0 saturated heterocycles. The van der Waals surface area contributed by atoms with Crippen molar-refractivity contribution in [1.29, 1.82) is 0 Å². The van der Waals surface area contributed by atoms with E-state index in [0.29, 0.717) is 34.2 Å². The van der Waals surface area contributed by atoms with E-state index in [1.54, 1.807) is 12.1 Å². The van der Waals surface area contributed by atoms with E-state index in [4.69, 9.17) is 23.1 Å². The average Bonchev–Trinajstić information content (AvgIpc) is 3.66. The molecule has 10 aromatic rings. The molecular weight excluding hydrogens is 733 g/mol. The Kier molecular flexibility index (Phi) is 9.19. The van der Waals surface area contributed by atoms with Gasteiger partial charge in [0.1, 0.15) is 5.82 Å². The fourth-order valence-electron chi connectivity index (χ4n) is 8.02. The Morgan fingerprint density at radius 1 is 0.400 bits per heavy atom. The second kappa shape index (κ2) is 15.4. The second-order valence-electron chi connectivity index (χ2n) is 14.4. The number of anilines is 3. The van der Waals surface area contributed by atoms with Gasteiger partial charge in [0.25, 0.3) is 0 Å². The standard InChI is InChI=1S/C54H34N6/c1-55-48-22-12-9-20-45(48)51-36-50(57-54(58-51)46-21-10-13-23-49(46)56-2)39-27-25-37(26-28-39)38-29-31-42(32-30-38)60-52-24-14-11-19-44(52)47-35-43(33-34-53(47)60)59(40-15-5-3-6-16-40)41-17-7-4-8-18-41/h3-36H. The number of nitrogens with zero attached hydrogens (tertiary/aromatic N) is 6. The summed E-state index contributed by atoms with van der Waals surface area (Å²) in [6.45, 7) is 15.5. The summed E-state index contributed by atoms with van der Waals surface area (Å²) in [5.41, 5.74) is 13.4. The van der Waals surface area contributed by atoms with E-state index < -0.39 is 0 Å². The zero-order valence-corrected chi connectivity index (χ0v) is 32.3. The number of hydrogen-bond donors (Lipinski definition) is 0. The van der Waals surface area contributed by atoms with E-state index in [9.17, 15) is 0 Å². The molecule has 0 spiro atoms. The first-order valence-corrected chi connectivity index (χ1v) is 19.6. The van der Waals surface area contributed by atoms with Crippen molar-refractivity contribution in [2.24, 2.45) is 0 Å². The quantitative estimate of drug-likeness (QED) is 0.145. The monoisotopic (exact) mass is 766 g/mol. The maximum Gasteiger partial charge on any atom is 0.198 e. The molecule has 0 saturated carbocycles. The highest BCUT2D eigenvalue weighted by Crippen LogP contribution is 2.40. The minimum absolute atomic E-state index is 0.444. The number of fused-ring (bicyclic) bond motifs is 3. The molecule has 0 radical (unpaired) electrons. The van der Waals surface area contributed by atoms with Crippen molar-refractivity contribution in [3.63, 3.8) is 0 Å². The van der Waals surface area contributed by atoms with Crippen LogP contribution in [0.3, 0.4) is 0 Å². The molecule has 0 aliphatic rings. The molecule has 2 heterocycles. The number of rotatable bonds is 8. The van der Waals surface area contributed by atoms with Crippen LogP contribution in [0.5, 0.6) is 0 Å². The Morgan fingerprint density at radius 3 is 1.58 bits per heavy atom. The maximum atomic E-state index is 7.78. The first kappa shape index (κ1) is 35.8. The molecule has 0 amide bonds. The Labute approximate surface area is 348 Å². The summed E-state index contributed by atoms with van der Waals surface area (Å²) in [5, 5.41) is 2.38. The van der Waals surface area contributed by atoms with E-state index in [1.807, 2.05) is 42.5 Å². The van der Waals surface area contributed by atoms with Crippen molar-refractivity contribution >= 4 is 50.2 Å². The first-order valence-electron chi connectivity index (χ1n) is 19.6. The smallest absolute Gasteiger partial charge is 0.198 e. The fraction of sp³-hybridized carbons (Fsp3) is 0. The lowest BCUT2D eigenvalue weighted by Gasteiger charge is -2.25. The van der Waals surface area contributed by atoms with Gasteiger partial charge in [-0.25, -0.2) is 19.7 Å². The van der Waals surface area contributed by atoms with Gasteiger partial charge in [0, 0.05) is 50.2 Å². The molecule has 280 valence electrons. The van der Waals surface area contributed by atoms with Crippen LogP contribution < -0.4 is 4.90 Å². The van der Waals surface area contributed by atoms with Crippen molar-refractivity contribution in [1.82, 2.24) is 14.5 Å². The van der Waals surface area contributed by atoms with Crippen LogP contribution in [0.2, 0.25) is 0 Å². The van der Waals surface area contributed by atoms with Gasteiger partial charge in [-0.05, 0) is 77.9 Å². The van der Waals surface area contributed by atoms with E-state index in [1.165, 1.54) is 10.8 Å². The van der Waals surface area contributed by atoms with E-state index in [2.05, 4.69) is 171 Å². The first-order chi connectivity index (χ1) is 29.7. The Hall–Kier alpha value is -8.58. The van der Waals surface area contributed by atoms with Gasteiger partial charge in [-0.2, -0.15) is 0 Å². The highest BCUT2D eigenvalue weighted by atomic mass is 15.1. The van der Waals surface area contributed by atoms with Gasteiger partial charge in [-0.3, -0.25) is 0 Å². The number of hydrogen-bond acceptors (Lipinski definition) is 3. The molecular formula is C54H34N6. The molecule has 0 fully saturated rings. The van der Waals surface area contributed by atoms with E-state index in [0.717, 1.165) is 56.0 Å².